The van der Waals surface area contributed by atoms with E-state index in [9.17, 15) is 9.59 Å². The summed E-state index contributed by atoms with van der Waals surface area (Å²) < 4.78 is 5.17. The Hall–Kier alpha value is -1.58. The molecule has 0 unspecified atom stereocenters. The molecule has 0 fully saturated rings. The number of ketones is 1. The van der Waals surface area contributed by atoms with E-state index in [2.05, 4.69) is 0 Å². The Bertz CT molecular complexity index is 367. The monoisotopic (exact) mass is 179 g/mol. The average molecular weight is 179 g/mol. The Morgan fingerprint density at radius 2 is 2.38 bits per heavy atom. The molecule has 4 heteroatoms. The number of hydrogen-bond acceptors (Lipinski definition) is 4. The Kier molecular flexibility index (Phi) is 1.69. The van der Waals surface area contributed by atoms with E-state index in [0.29, 0.717) is 30.7 Å². The van der Waals surface area contributed by atoms with E-state index in [0.717, 1.165) is 0 Å². The van der Waals surface area contributed by atoms with Gasteiger partial charge in [-0.3, -0.25) is 9.59 Å². The highest BCUT2D eigenvalue weighted by Gasteiger charge is 2.25. The number of carbonyl (C=O) groups is 2. The fourth-order valence-electron chi connectivity index (χ4n) is 1.45. The minimum atomic E-state index is 0.0463. The normalized spacial score (nSPS) is 15.8. The zero-order chi connectivity index (χ0) is 9.42. The first-order valence-corrected chi connectivity index (χ1v) is 4.05. The highest BCUT2D eigenvalue weighted by molar-refractivity contribution is 6.03. The van der Waals surface area contributed by atoms with E-state index in [1.54, 1.807) is 0 Å². The van der Waals surface area contributed by atoms with Crippen molar-refractivity contribution in [1.82, 2.24) is 0 Å². The molecule has 0 aliphatic carbocycles. The van der Waals surface area contributed by atoms with Gasteiger partial charge in [-0.1, -0.05) is 0 Å². The minimum absolute atomic E-state index is 0.0463. The van der Waals surface area contributed by atoms with Crippen LogP contribution >= 0.6 is 0 Å². The molecule has 1 aromatic rings. The molecule has 0 amide bonds. The topological polar surface area (TPSA) is 50.5 Å². The molecule has 4 nitrogen and oxygen atoms in total. The van der Waals surface area contributed by atoms with Crippen LogP contribution in [0.4, 0.5) is 5.88 Å². The van der Waals surface area contributed by atoms with Crippen LogP contribution in [0.3, 0.4) is 0 Å². The molecule has 68 valence electrons. The average Bonchev–Trinajstić information content (AvgIpc) is 2.56. The van der Waals surface area contributed by atoms with Gasteiger partial charge in [-0.25, -0.2) is 0 Å². The van der Waals surface area contributed by atoms with Gasteiger partial charge in [0.1, 0.15) is 0 Å². The van der Waals surface area contributed by atoms with Crippen LogP contribution in [0.5, 0.6) is 0 Å². The van der Waals surface area contributed by atoms with Crippen molar-refractivity contribution in [2.45, 2.75) is 6.42 Å². The SMILES string of the molecule is CN1CCC(=O)c2cc(C=O)oc21. The lowest BCUT2D eigenvalue weighted by atomic mass is 10.1. The highest BCUT2D eigenvalue weighted by atomic mass is 16.4. The zero-order valence-electron chi connectivity index (χ0n) is 7.24. The van der Waals surface area contributed by atoms with E-state index in [-0.39, 0.29) is 11.5 Å². The van der Waals surface area contributed by atoms with Crippen molar-refractivity contribution in [1.29, 1.82) is 0 Å². The van der Waals surface area contributed by atoms with Crippen molar-refractivity contribution in [2.24, 2.45) is 0 Å². The standard InChI is InChI=1S/C9H9NO3/c1-10-3-2-8(12)7-4-6(5-11)13-9(7)10/h4-5H,2-3H2,1H3. The summed E-state index contributed by atoms with van der Waals surface area (Å²) in [6.45, 7) is 0.650. The van der Waals surface area contributed by atoms with Crippen molar-refractivity contribution in [3.8, 4) is 0 Å². The van der Waals surface area contributed by atoms with Gasteiger partial charge in [-0.15, -0.1) is 0 Å². The third kappa shape index (κ3) is 1.14. The van der Waals surface area contributed by atoms with Gasteiger partial charge in [0.05, 0.1) is 5.56 Å². The van der Waals surface area contributed by atoms with Crippen LogP contribution in [-0.4, -0.2) is 25.7 Å². The van der Waals surface area contributed by atoms with E-state index >= 15 is 0 Å². The number of hydrogen-bond donors (Lipinski definition) is 0. The van der Waals surface area contributed by atoms with E-state index in [4.69, 9.17) is 4.42 Å². The van der Waals surface area contributed by atoms with Gasteiger partial charge in [0, 0.05) is 26.1 Å². The number of fused-ring (bicyclic) bond motifs is 1. The Morgan fingerprint density at radius 3 is 3.00 bits per heavy atom. The Labute approximate surface area is 75.1 Å². The molecule has 1 aliphatic rings. The van der Waals surface area contributed by atoms with Crippen LogP contribution in [0.25, 0.3) is 0 Å². The second kappa shape index (κ2) is 2.73. The predicted octanol–water partition coefficient (Wildman–Crippen LogP) is 1.11. The third-order valence-corrected chi connectivity index (χ3v) is 2.17. The van der Waals surface area contributed by atoms with Crippen LogP contribution in [0, 0.1) is 0 Å². The molecule has 0 spiro atoms. The summed E-state index contributed by atoms with van der Waals surface area (Å²) in [6, 6.07) is 1.50. The molecule has 2 heterocycles. The number of furan rings is 1. The second-order valence-electron chi connectivity index (χ2n) is 3.08. The summed E-state index contributed by atoms with van der Waals surface area (Å²) in [4.78, 5) is 23.6. The molecule has 0 saturated heterocycles. The molecule has 13 heavy (non-hydrogen) atoms. The van der Waals surface area contributed by atoms with Crippen LogP contribution in [-0.2, 0) is 0 Å². The second-order valence-corrected chi connectivity index (χ2v) is 3.08. The summed E-state index contributed by atoms with van der Waals surface area (Å²) in [5.74, 6) is 0.774. The number of Topliss-reactive ketones (excluding diaryl/α,β-unsaturated/α-hetero) is 1. The summed E-state index contributed by atoms with van der Waals surface area (Å²) >= 11 is 0. The molecule has 0 aromatic carbocycles. The van der Waals surface area contributed by atoms with Crippen molar-refractivity contribution in [3.63, 3.8) is 0 Å². The first-order valence-electron chi connectivity index (χ1n) is 4.05. The van der Waals surface area contributed by atoms with Crippen molar-refractivity contribution in [3.05, 3.63) is 17.4 Å². The third-order valence-electron chi connectivity index (χ3n) is 2.17. The van der Waals surface area contributed by atoms with Crippen LogP contribution in [0.15, 0.2) is 10.5 Å². The lowest BCUT2D eigenvalue weighted by molar-refractivity contribution is 0.0978. The van der Waals surface area contributed by atoms with Gasteiger partial charge in [0.2, 0.25) is 5.88 Å². The van der Waals surface area contributed by atoms with Gasteiger partial charge in [-0.2, -0.15) is 0 Å². The Morgan fingerprint density at radius 1 is 1.62 bits per heavy atom. The molecular weight excluding hydrogens is 170 g/mol. The van der Waals surface area contributed by atoms with Crippen LogP contribution < -0.4 is 4.90 Å². The van der Waals surface area contributed by atoms with Gasteiger partial charge < -0.3 is 9.32 Å². The maximum atomic E-state index is 11.4. The molecule has 1 aliphatic heterocycles. The smallest absolute Gasteiger partial charge is 0.206 e. The molecule has 0 radical (unpaired) electrons. The van der Waals surface area contributed by atoms with Gasteiger partial charge in [0.15, 0.2) is 17.8 Å². The number of carbonyl (C=O) groups excluding carboxylic acids is 2. The lowest BCUT2D eigenvalue weighted by Gasteiger charge is -2.21. The van der Waals surface area contributed by atoms with Gasteiger partial charge >= 0.3 is 0 Å². The first-order chi connectivity index (χ1) is 6.22. The quantitative estimate of drug-likeness (QED) is 0.606. The molecule has 0 saturated carbocycles. The zero-order valence-corrected chi connectivity index (χ0v) is 7.24. The Balaban J connectivity index is 2.53. The highest BCUT2D eigenvalue weighted by Crippen LogP contribution is 2.28. The number of anilines is 1. The van der Waals surface area contributed by atoms with Crippen LogP contribution in [0.2, 0.25) is 0 Å². The van der Waals surface area contributed by atoms with Crippen molar-refractivity contribution >= 4 is 18.0 Å². The van der Waals surface area contributed by atoms with E-state index in [1.807, 2.05) is 11.9 Å². The number of rotatable bonds is 1. The van der Waals surface area contributed by atoms with E-state index in [1.165, 1.54) is 6.07 Å². The number of nitrogens with zero attached hydrogens (tertiary/aromatic N) is 1. The summed E-state index contributed by atoms with van der Waals surface area (Å²) in [6.07, 6.45) is 1.10. The maximum absolute atomic E-state index is 11.4. The molecular formula is C9H9NO3. The number of aldehydes is 1. The maximum Gasteiger partial charge on any atom is 0.206 e. The fourth-order valence-corrected chi connectivity index (χ4v) is 1.45. The summed E-state index contributed by atoms with van der Waals surface area (Å²) in [5.41, 5.74) is 0.524. The molecule has 2 rings (SSSR count). The largest absolute Gasteiger partial charge is 0.437 e. The van der Waals surface area contributed by atoms with Gasteiger partial charge in [0.25, 0.3) is 0 Å². The molecule has 0 bridgehead atoms. The fraction of sp³-hybridized carbons (Fsp3) is 0.333. The van der Waals surface area contributed by atoms with Gasteiger partial charge in [-0.05, 0) is 0 Å². The van der Waals surface area contributed by atoms with E-state index < -0.39 is 0 Å². The lowest BCUT2D eigenvalue weighted by Crippen LogP contribution is -2.26. The predicted molar refractivity (Wildman–Crippen MR) is 46.3 cm³/mol. The van der Waals surface area contributed by atoms with Crippen molar-refractivity contribution in [2.75, 3.05) is 18.5 Å². The minimum Gasteiger partial charge on any atom is -0.437 e. The molecule has 0 atom stereocenters. The first kappa shape index (κ1) is 8.04. The summed E-state index contributed by atoms with van der Waals surface area (Å²) in [7, 11) is 1.84. The van der Waals surface area contributed by atoms with Crippen LogP contribution in [0.1, 0.15) is 27.3 Å². The summed E-state index contributed by atoms with van der Waals surface area (Å²) in [5, 5.41) is 0. The molecule has 1 aromatic heterocycles. The van der Waals surface area contributed by atoms with Crippen molar-refractivity contribution < 1.29 is 14.0 Å². The molecule has 0 N–H and O–H groups in total.